The molecule has 27 heavy (non-hydrogen) atoms. The van der Waals surface area contributed by atoms with Gasteiger partial charge in [-0.25, -0.2) is 4.98 Å². The number of carbonyl (C=O) groups excluding carboxylic acids is 1. The maximum Gasteiger partial charge on any atom is 0.416 e. The number of halogens is 4. The van der Waals surface area contributed by atoms with Crippen LogP contribution in [-0.4, -0.2) is 10.9 Å². The minimum absolute atomic E-state index is 0.290. The van der Waals surface area contributed by atoms with Gasteiger partial charge >= 0.3 is 6.18 Å². The molecule has 2 aromatic carbocycles. The van der Waals surface area contributed by atoms with Gasteiger partial charge in [0.15, 0.2) is 5.13 Å². The minimum Gasteiger partial charge on any atom is -0.298 e. The number of amides is 1. The first-order chi connectivity index (χ1) is 12.7. The summed E-state index contributed by atoms with van der Waals surface area (Å²) >= 11 is 4.57. The van der Waals surface area contributed by atoms with E-state index in [0.717, 1.165) is 21.5 Å². The predicted octanol–water partition coefficient (Wildman–Crippen LogP) is 6.08. The molecule has 0 aliphatic carbocycles. The molecule has 3 nitrogen and oxygen atoms in total. The highest BCUT2D eigenvalue weighted by atomic mass is 79.9. The van der Waals surface area contributed by atoms with E-state index in [0.29, 0.717) is 28.4 Å². The smallest absolute Gasteiger partial charge is 0.298 e. The molecule has 140 valence electrons. The number of alkyl halides is 3. The highest BCUT2D eigenvalue weighted by molar-refractivity contribution is 9.10. The van der Waals surface area contributed by atoms with Crippen LogP contribution >= 0.6 is 27.3 Å². The molecule has 0 aliphatic heterocycles. The maximum absolute atomic E-state index is 12.9. The number of rotatable bonds is 4. The van der Waals surface area contributed by atoms with Crippen molar-refractivity contribution in [3.05, 3.63) is 80.3 Å². The summed E-state index contributed by atoms with van der Waals surface area (Å²) in [4.78, 5) is 17.4. The van der Waals surface area contributed by atoms with Gasteiger partial charge in [0.2, 0.25) is 0 Å². The van der Waals surface area contributed by atoms with Gasteiger partial charge in [-0.05, 0) is 42.8 Å². The van der Waals surface area contributed by atoms with Crippen LogP contribution in [0.4, 0.5) is 18.3 Å². The number of nitrogens with one attached hydrogen (secondary N) is 1. The largest absolute Gasteiger partial charge is 0.416 e. The first kappa shape index (κ1) is 19.6. The molecule has 0 aliphatic rings. The fourth-order valence-corrected chi connectivity index (χ4v) is 3.72. The molecular weight excluding hydrogens is 441 g/mol. The van der Waals surface area contributed by atoms with Crippen molar-refractivity contribution >= 4 is 38.3 Å². The minimum atomic E-state index is -4.37. The lowest BCUT2D eigenvalue weighted by Gasteiger charge is -2.08. The van der Waals surface area contributed by atoms with Gasteiger partial charge in [0.1, 0.15) is 0 Å². The molecule has 0 atom stereocenters. The first-order valence-electron chi connectivity index (χ1n) is 7.92. The van der Waals surface area contributed by atoms with E-state index in [9.17, 15) is 18.0 Å². The van der Waals surface area contributed by atoms with E-state index in [1.165, 1.54) is 17.4 Å². The molecule has 0 unspecified atom stereocenters. The Morgan fingerprint density at radius 2 is 1.89 bits per heavy atom. The van der Waals surface area contributed by atoms with Crippen LogP contribution in [0, 0.1) is 6.92 Å². The lowest BCUT2D eigenvalue weighted by molar-refractivity contribution is -0.137. The Morgan fingerprint density at radius 1 is 1.19 bits per heavy atom. The van der Waals surface area contributed by atoms with Crippen molar-refractivity contribution in [3.8, 4) is 0 Å². The molecule has 3 rings (SSSR count). The second kappa shape index (κ2) is 7.82. The highest BCUT2D eigenvalue weighted by Crippen LogP contribution is 2.31. The summed E-state index contributed by atoms with van der Waals surface area (Å²) in [6.45, 7) is 1.77. The summed E-state index contributed by atoms with van der Waals surface area (Å²) in [5, 5.41) is 3.15. The Bertz CT molecular complexity index is 968. The zero-order valence-corrected chi connectivity index (χ0v) is 16.5. The van der Waals surface area contributed by atoms with Crippen LogP contribution in [0.2, 0.25) is 0 Å². The van der Waals surface area contributed by atoms with Gasteiger partial charge < -0.3 is 0 Å². The summed E-state index contributed by atoms with van der Waals surface area (Å²) in [5.41, 5.74) is 1.04. The molecule has 0 radical (unpaired) electrons. The zero-order valence-electron chi connectivity index (χ0n) is 14.1. The van der Waals surface area contributed by atoms with Crippen LogP contribution in [0.1, 0.15) is 32.1 Å². The molecule has 0 saturated heterocycles. The van der Waals surface area contributed by atoms with Crippen molar-refractivity contribution in [3.63, 3.8) is 0 Å². The summed E-state index contributed by atoms with van der Waals surface area (Å²) in [6, 6.07) is 12.1. The average molecular weight is 455 g/mol. The molecule has 1 aromatic heterocycles. The second-order valence-corrected chi connectivity index (χ2v) is 7.86. The van der Waals surface area contributed by atoms with Gasteiger partial charge in [-0.3, -0.25) is 10.1 Å². The topological polar surface area (TPSA) is 42.0 Å². The number of hydrogen-bond donors (Lipinski definition) is 1. The van der Waals surface area contributed by atoms with Crippen LogP contribution in [0.5, 0.6) is 0 Å². The fourth-order valence-electron chi connectivity index (χ4n) is 2.46. The summed E-state index contributed by atoms with van der Waals surface area (Å²) in [7, 11) is 0. The lowest BCUT2D eigenvalue weighted by Crippen LogP contribution is -2.11. The van der Waals surface area contributed by atoms with Crippen LogP contribution in [0.15, 0.2) is 53.0 Å². The monoisotopic (exact) mass is 454 g/mol. The molecule has 0 spiro atoms. The second-order valence-electron chi connectivity index (χ2n) is 5.86. The molecule has 1 amide bonds. The number of hydrogen-bond acceptors (Lipinski definition) is 3. The van der Waals surface area contributed by atoms with E-state index in [2.05, 4.69) is 26.2 Å². The number of benzene rings is 2. The Morgan fingerprint density at radius 3 is 2.56 bits per heavy atom. The average Bonchev–Trinajstić information content (AvgIpc) is 2.94. The van der Waals surface area contributed by atoms with E-state index in [1.807, 2.05) is 0 Å². The van der Waals surface area contributed by atoms with Gasteiger partial charge in [0.25, 0.3) is 5.91 Å². The fraction of sp³-hybridized carbons (Fsp3) is 0.158. The van der Waals surface area contributed by atoms with E-state index in [4.69, 9.17) is 0 Å². The van der Waals surface area contributed by atoms with E-state index in [-0.39, 0.29) is 5.91 Å². The van der Waals surface area contributed by atoms with Crippen molar-refractivity contribution in [1.82, 2.24) is 4.98 Å². The molecule has 1 heterocycles. The van der Waals surface area contributed by atoms with Crippen molar-refractivity contribution in [2.45, 2.75) is 19.5 Å². The van der Waals surface area contributed by atoms with E-state index >= 15 is 0 Å². The number of aromatic nitrogens is 1. The number of aryl methyl sites for hydroxylation is 1. The van der Waals surface area contributed by atoms with Gasteiger partial charge in [-0.15, -0.1) is 11.3 Å². The highest BCUT2D eigenvalue weighted by Gasteiger charge is 2.30. The van der Waals surface area contributed by atoms with Gasteiger partial charge in [-0.2, -0.15) is 13.2 Å². The summed E-state index contributed by atoms with van der Waals surface area (Å²) in [6.07, 6.45) is -4.05. The third kappa shape index (κ3) is 4.95. The molecule has 0 fully saturated rings. The van der Waals surface area contributed by atoms with Crippen molar-refractivity contribution in [2.75, 3.05) is 5.32 Å². The molecule has 0 bridgehead atoms. The third-order valence-electron chi connectivity index (χ3n) is 3.84. The normalized spacial score (nSPS) is 11.4. The van der Waals surface area contributed by atoms with Crippen molar-refractivity contribution in [2.24, 2.45) is 0 Å². The van der Waals surface area contributed by atoms with E-state index < -0.39 is 11.7 Å². The summed E-state index contributed by atoms with van der Waals surface area (Å²) < 4.78 is 39.4. The first-order valence-corrected chi connectivity index (χ1v) is 9.52. The quantitative estimate of drug-likeness (QED) is 0.519. The SMILES string of the molecule is Cc1nc(NC(=O)c2ccc(Br)cc2)sc1Cc1cccc(C(F)(F)F)c1. The van der Waals surface area contributed by atoms with Crippen molar-refractivity contribution in [1.29, 1.82) is 0 Å². The molecule has 1 N–H and O–H groups in total. The van der Waals surface area contributed by atoms with Gasteiger partial charge in [0.05, 0.1) is 11.3 Å². The van der Waals surface area contributed by atoms with E-state index in [1.54, 1.807) is 37.3 Å². The van der Waals surface area contributed by atoms with Crippen molar-refractivity contribution < 1.29 is 18.0 Å². The predicted molar refractivity (Wildman–Crippen MR) is 103 cm³/mol. The Balaban J connectivity index is 1.75. The Kier molecular flexibility index (Phi) is 5.67. The lowest BCUT2D eigenvalue weighted by atomic mass is 10.1. The number of thiazole rings is 1. The standard InChI is InChI=1S/C19H14BrF3N2OS/c1-11-16(10-12-3-2-4-14(9-12)19(21,22)23)27-18(24-11)25-17(26)13-5-7-15(20)8-6-13/h2-9H,10H2,1H3,(H,24,25,26). The van der Waals surface area contributed by atoms with Crippen LogP contribution in [-0.2, 0) is 12.6 Å². The molecule has 3 aromatic rings. The van der Waals surface area contributed by atoms with Crippen LogP contribution in [0.3, 0.4) is 0 Å². The van der Waals surface area contributed by atoms with Gasteiger partial charge in [-0.1, -0.05) is 34.1 Å². The molecular formula is C19H14BrF3N2OS. The Hall–Kier alpha value is -2.19. The zero-order chi connectivity index (χ0) is 19.6. The third-order valence-corrected chi connectivity index (χ3v) is 5.44. The Labute approximate surface area is 166 Å². The number of carbonyl (C=O) groups is 1. The van der Waals surface area contributed by atoms with Crippen LogP contribution < -0.4 is 5.32 Å². The summed E-state index contributed by atoms with van der Waals surface area (Å²) in [5.74, 6) is -0.290. The molecule has 0 saturated carbocycles. The number of nitrogens with zero attached hydrogens (tertiary/aromatic N) is 1. The maximum atomic E-state index is 12.9. The molecule has 8 heteroatoms. The number of anilines is 1. The van der Waals surface area contributed by atoms with Gasteiger partial charge in [0, 0.05) is 21.3 Å². The van der Waals surface area contributed by atoms with Crippen LogP contribution in [0.25, 0.3) is 0 Å².